The minimum absolute atomic E-state index is 0.666. The van der Waals surface area contributed by atoms with E-state index in [-0.39, 0.29) is 0 Å². The second kappa shape index (κ2) is 7.49. The van der Waals surface area contributed by atoms with E-state index >= 15 is 0 Å². The van der Waals surface area contributed by atoms with E-state index in [0.717, 1.165) is 23.4 Å². The maximum Gasteiger partial charge on any atom is 0.0719 e. The molecule has 0 radical (unpaired) electrons. The van der Waals surface area contributed by atoms with Crippen LogP contribution in [0.15, 0.2) is 65.7 Å². The van der Waals surface area contributed by atoms with Crippen LogP contribution in [0.3, 0.4) is 0 Å². The lowest BCUT2D eigenvalue weighted by atomic mass is 10.0. The van der Waals surface area contributed by atoms with Gasteiger partial charge < -0.3 is 4.74 Å². The highest BCUT2D eigenvalue weighted by Gasteiger charge is 2.05. The molecule has 2 aromatic carbocycles. The van der Waals surface area contributed by atoms with Crippen LogP contribution in [-0.2, 0) is 4.74 Å². The van der Waals surface area contributed by atoms with Gasteiger partial charge in [-0.25, -0.2) is 0 Å². The molecule has 0 saturated heterocycles. The maximum atomic E-state index is 5.35. The number of aliphatic imine (C=N–C) groups is 1. The molecule has 0 heterocycles. The molecule has 0 aliphatic heterocycles. The second-order valence-electron chi connectivity index (χ2n) is 4.16. The lowest BCUT2D eigenvalue weighted by molar-refractivity contribution is 0.156. The van der Waals surface area contributed by atoms with Crippen LogP contribution in [0.1, 0.15) is 18.1 Å². The highest BCUT2D eigenvalue weighted by atomic mass is 16.5. The van der Waals surface area contributed by atoms with E-state index in [9.17, 15) is 0 Å². The van der Waals surface area contributed by atoms with Crippen molar-refractivity contribution in [3.8, 4) is 0 Å². The standard InChI is InChI=1S/C17H19NO/c1-2-19-14-13-18-17(15-9-5-3-6-10-15)16-11-7-4-8-12-16/h3-12H,2,13-14H2,1H3. The van der Waals surface area contributed by atoms with Crippen LogP contribution in [0.5, 0.6) is 0 Å². The summed E-state index contributed by atoms with van der Waals surface area (Å²) in [5.74, 6) is 0. The molecule has 19 heavy (non-hydrogen) atoms. The molecular formula is C17H19NO. The van der Waals surface area contributed by atoms with Gasteiger partial charge in [0.1, 0.15) is 0 Å². The lowest BCUT2D eigenvalue weighted by Gasteiger charge is -2.07. The Kier molecular flexibility index (Phi) is 5.32. The van der Waals surface area contributed by atoms with Crippen LogP contribution in [0, 0.1) is 0 Å². The Morgan fingerprint density at radius 2 is 1.42 bits per heavy atom. The number of hydrogen-bond donors (Lipinski definition) is 0. The summed E-state index contributed by atoms with van der Waals surface area (Å²) in [5, 5.41) is 0. The Balaban J connectivity index is 2.24. The molecule has 98 valence electrons. The fourth-order valence-corrected chi connectivity index (χ4v) is 1.91. The smallest absolute Gasteiger partial charge is 0.0719 e. The van der Waals surface area contributed by atoms with Gasteiger partial charge in [-0.3, -0.25) is 4.99 Å². The molecule has 0 aromatic heterocycles. The van der Waals surface area contributed by atoms with E-state index in [2.05, 4.69) is 24.3 Å². The third-order valence-electron chi connectivity index (χ3n) is 2.80. The molecule has 0 saturated carbocycles. The fraction of sp³-hybridized carbons (Fsp3) is 0.235. The molecular weight excluding hydrogens is 234 g/mol. The zero-order valence-corrected chi connectivity index (χ0v) is 11.3. The van der Waals surface area contributed by atoms with Crippen LogP contribution >= 0.6 is 0 Å². The van der Waals surface area contributed by atoms with Crippen LogP contribution in [0.25, 0.3) is 0 Å². The predicted octanol–water partition coefficient (Wildman–Crippen LogP) is 3.56. The van der Waals surface area contributed by atoms with E-state index in [4.69, 9.17) is 9.73 Å². The van der Waals surface area contributed by atoms with Gasteiger partial charge in [0.05, 0.1) is 18.9 Å². The minimum atomic E-state index is 0.666. The molecule has 0 amide bonds. The summed E-state index contributed by atoms with van der Waals surface area (Å²) in [7, 11) is 0. The van der Waals surface area contributed by atoms with Crippen LogP contribution in [-0.4, -0.2) is 25.5 Å². The third-order valence-corrected chi connectivity index (χ3v) is 2.80. The van der Waals surface area contributed by atoms with Crippen LogP contribution in [0.4, 0.5) is 0 Å². The molecule has 2 rings (SSSR count). The Morgan fingerprint density at radius 1 is 0.895 bits per heavy atom. The summed E-state index contributed by atoms with van der Waals surface area (Å²) >= 11 is 0. The number of benzene rings is 2. The molecule has 2 heteroatoms. The summed E-state index contributed by atoms with van der Waals surface area (Å²) < 4.78 is 5.35. The van der Waals surface area contributed by atoms with Crippen LogP contribution < -0.4 is 0 Å². The van der Waals surface area contributed by atoms with E-state index in [1.54, 1.807) is 0 Å². The molecule has 0 atom stereocenters. The van der Waals surface area contributed by atoms with Gasteiger partial charge in [0.2, 0.25) is 0 Å². The molecule has 0 N–H and O–H groups in total. The Bertz CT molecular complexity index is 464. The highest BCUT2D eigenvalue weighted by molar-refractivity contribution is 6.12. The van der Waals surface area contributed by atoms with Crippen molar-refractivity contribution in [2.45, 2.75) is 6.92 Å². The summed E-state index contributed by atoms with van der Waals surface area (Å²) in [6.07, 6.45) is 0. The van der Waals surface area contributed by atoms with Gasteiger partial charge in [-0.15, -0.1) is 0 Å². The highest BCUT2D eigenvalue weighted by Crippen LogP contribution is 2.10. The van der Waals surface area contributed by atoms with E-state index < -0.39 is 0 Å². The summed E-state index contributed by atoms with van der Waals surface area (Å²) in [5.41, 5.74) is 3.32. The molecule has 0 aliphatic carbocycles. The monoisotopic (exact) mass is 253 g/mol. The van der Waals surface area contributed by atoms with Gasteiger partial charge in [0.25, 0.3) is 0 Å². The maximum absolute atomic E-state index is 5.35. The van der Waals surface area contributed by atoms with E-state index in [1.165, 1.54) is 0 Å². The fourth-order valence-electron chi connectivity index (χ4n) is 1.91. The summed E-state index contributed by atoms with van der Waals surface area (Å²) in [6, 6.07) is 20.6. The Morgan fingerprint density at radius 3 is 1.89 bits per heavy atom. The normalized spacial score (nSPS) is 10.2. The third kappa shape index (κ3) is 4.04. The molecule has 2 aromatic rings. The summed E-state index contributed by atoms with van der Waals surface area (Å²) in [4.78, 5) is 4.69. The molecule has 2 nitrogen and oxygen atoms in total. The van der Waals surface area contributed by atoms with Crippen molar-refractivity contribution in [3.63, 3.8) is 0 Å². The first kappa shape index (κ1) is 13.5. The van der Waals surface area contributed by atoms with Crippen molar-refractivity contribution >= 4 is 5.71 Å². The molecule has 0 aliphatic rings. The van der Waals surface area contributed by atoms with Crippen molar-refractivity contribution < 1.29 is 4.74 Å². The number of nitrogens with zero attached hydrogens (tertiary/aromatic N) is 1. The lowest BCUT2D eigenvalue weighted by Crippen LogP contribution is -2.06. The molecule has 0 fully saturated rings. The van der Waals surface area contributed by atoms with Gasteiger partial charge in [-0.2, -0.15) is 0 Å². The van der Waals surface area contributed by atoms with Crippen molar-refractivity contribution in [1.82, 2.24) is 0 Å². The quantitative estimate of drug-likeness (QED) is 0.570. The second-order valence-corrected chi connectivity index (χ2v) is 4.16. The van der Waals surface area contributed by atoms with Gasteiger partial charge in [-0.05, 0) is 6.92 Å². The molecule has 0 unspecified atom stereocenters. The zero-order valence-electron chi connectivity index (χ0n) is 11.3. The number of rotatable bonds is 6. The SMILES string of the molecule is CCOCCN=C(c1ccccc1)c1ccccc1. The molecule has 0 bridgehead atoms. The Labute approximate surface area is 114 Å². The minimum Gasteiger partial charge on any atom is -0.380 e. The van der Waals surface area contributed by atoms with Crippen LogP contribution in [0.2, 0.25) is 0 Å². The van der Waals surface area contributed by atoms with Gasteiger partial charge >= 0.3 is 0 Å². The van der Waals surface area contributed by atoms with Crippen molar-refractivity contribution in [3.05, 3.63) is 71.8 Å². The average molecular weight is 253 g/mol. The van der Waals surface area contributed by atoms with Gasteiger partial charge in [-0.1, -0.05) is 60.7 Å². The van der Waals surface area contributed by atoms with Crippen molar-refractivity contribution in [2.24, 2.45) is 4.99 Å². The number of ether oxygens (including phenoxy) is 1. The zero-order chi connectivity index (χ0) is 13.3. The van der Waals surface area contributed by atoms with Gasteiger partial charge in [0.15, 0.2) is 0 Å². The molecule has 0 spiro atoms. The first-order valence-electron chi connectivity index (χ1n) is 6.65. The van der Waals surface area contributed by atoms with E-state index in [0.29, 0.717) is 13.2 Å². The van der Waals surface area contributed by atoms with E-state index in [1.807, 2.05) is 43.3 Å². The number of hydrogen-bond acceptors (Lipinski definition) is 2. The topological polar surface area (TPSA) is 21.6 Å². The first-order valence-corrected chi connectivity index (χ1v) is 6.65. The van der Waals surface area contributed by atoms with Crippen molar-refractivity contribution in [2.75, 3.05) is 19.8 Å². The van der Waals surface area contributed by atoms with Gasteiger partial charge in [0, 0.05) is 17.7 Å². The first-order chi connectivity index (χ1) is 9.42. The largest absolute Gasteiger partial charge is 0.380 e. The predicted molar refractivity (Wildman–Crippen MR) is 79.9 cm³/mol. The average Bonchev–Trinajstić information content (AvgIpc) is 2.49. The summed E-state index contributed by atoms with van der Waals surface area (Å²) in [6.45, 7) is 4.09. The van der Waals surface area contributed by atoms with Crippen molar-refractivity contribution in [1.29, 1.82) is 0 Å². The Hall–Kier alpha value is -1.93.